The van der Waals surface area contributed by atoms with Crippen LogP contribution in [0.1, 0.15) is 113 Å². The van der Waals surface area contributed by atoms with Crippen LogP contribution in [0.3, 0.4) is 0 Å². The average molecular weight is 1150 g/mol. The highest BCUT2D eigenvalue weighted by Crippen LogP contribution is 2.75. The van der Waals surface area contributed by atoms with Crippen LogP contribution in [-0.2, 0) is 57.0 Å². The maximum Gasteiger partial charge on any atom is 0.335 e. The third-order valence-electron chi connectivity index (χ3n) is 21.0. The number of hydrogen-bond acceptors (Lipinski definition) is 24. The fourth-order valence-electron chi connectivity index (χ4n) is 16.7. The molecule has 9 rings (SSSR count). The molecular formula is C55H86O25. The normalized spacial score (nSPS) is 51.9. The molecule has 4 saturated heterocycles. The summed E-state index contributed by atoms with van der Waals surface area (Å²) < 4.78 is 55.2. The Kier molecular flexibility index (Phi) is 17.4. The molecule has 4 heterocycles. The number of carboxylic acids is 1. The number of carbonyl (C=O) groups is 3. The molecule has 4 saturated carbocycles. The lowest BCUT2D eigenvalue weighted by Crippen LogP contribution is -2.70. The Morgan fingerprint density at radius 2 is 1.11 bits per heavy atom. The van der Waals surface area contributed by atoms with Crippen molar-refractivity contribution in [1.82, 2.24) is 0 Å². The molecule has 28 atom stereocenters. The van der Waals surface area contributed by atoms with Gasteiger partial charge in [0.25, 0.3) is 0 Å². The number of carboxylic acid groups (broad SMARTS) is 1. The van der Waals surface area contributed by atoms with Gasteiger partial charge in [0.1, 0.15) is 103 Å². The van der Waals surface area contributed by atoms with Crippen molar-refractivity contribution in [3.8, 4) is 0 Å². The van der Waals surface area contributed by atoms with E-state index in [1.165, 1.54) is 6.92 Å². The highest BCUT2D eigenvalue weighted by molar-refractivity contribution is 5.87. The lowest BCUT2D eigenvalue weighted by molar-refractivity contribution is -0.407. The molecule has 0 amide bonds. The summed E-state index contributed by atoms with van der Waals surface area (Å²) >= 11 is 0. The van der Waals surface area contributed by atoms with Gasteiger partial charge in [0, 0.05) is 18.8 Å². The first-order chi connectivity index (χ1) is 37.4. The Balaban J connectivity index is 1.06. The monoisotopic (exact) mass is 1150 g/mol. The van der Waals surface area contributed by atoms with Crippen molar-refractivity contribution in [2.45, 2.75) is 248 Å². The maximum absolute atomic E-state index is 14.6. The van der Waals surface area contributed by atoms with Crippen LogP contribution in [0.2, 0.25) is 0 Å². The molecule has 4 aliphatic heterocycles. The first-order valence-corrected chi connectivity index (χ1v) is 28.2. The first kappa shape index (κ1) is 62.1. The zero-order chi connectivity index (χ0) is 58.7. The van der Waals surface area contributed by atoms with Gasteiger partial charge in [-0.05, 0) is 90.4 Å². The SMILES string of the molecule is CC(=O)O[C@@]12CC(C)(C)CCC1C(=O)C[C@]1(C)C2=CCC2[C@@]3(C)CC[C@H](O[C@@H]4O[C@H](C(=O)O)[C@@H](O)[C@H](O[C@@H]5O[C@H](CO)[C@H](O)[C@H](O)[C@H]5O[C@H]5O[C@H](CO)[C@@H](O)[C@H](O)[C@H]5O)[C@H]4O[C@@H]4O[C@H](CO)[C@@H](O)[C@H](O)[C@H]4O)C(C)(C)[C@@H]3CC[C@]21C. The van der Waals surface area contributed by atoms with Crippen LogP contribution in [0.4, 0.5) is 0 Å². The number of ether oxygens (including phenoxy) is 9. The molecule has 25 nitrogen and oxygen atoms in total. The Hall–Kier alpha value is -2.45. The molecule has 80 heavy (non-hydrogen) atoms. The zero-order valence-corrected chi connectivity index (χ0v) is 46.6. The van der Waals surface area contributed by atoms with Gasteiger partial charge < -0.3 is 109 Å². The van der Waals surface area contributed by atoms with Crippen LogP contribution < -0.4 is 0 Å². The third-order valence-corrected chi connectivity index (χ3v) is 21.0. The van der Waals surface area contributed by atoms with Crippen LogP contribution in [0.25, 0.3) is 0 Å². The minimum absolute atomic E-state index is 0.0147. The predicted octanol–water partition coefficient (Wildman–Crippen LogP) is -1.97. The van der Waals surface area contributed by atoms with Crippen molar-refractivity contribution in [2.24, 2.45) is 44.8 Å². The van der Waals surface area contributed by atoms with E-state index in [0.717, 1.165) is 12.0 Å². The van der Waals surface area contributed by atoms with Gasteiger partial charge in [-0.2, -0.15) is 0 Å². The number of aliphatic hydroxyl groups is 12. The minimum atomic E-state index is -2.29. The van der Waals surface area contributed by atoms with Gasteiger partial charge >= 0.3 is 11.9 Å². The second-order valence-electron chi connectivity index (χ2n) is 26.5. The summed E-state index contributed by atoms with van der Waals surface area (Å²) in [5, 5.41) is 141. The van der Waals surface area contributed by atoms with Crippen LogP contribution in [0.5, 0.6) is 0 Å². The van der Waals surface area contributed by atoms with E-state index in [-0.39, 0.29) is 23.0 Å². The minimum Gasteiger partial charge on any atom is -0.479 e. The quantitative estimate of drug-likeness (QED) is 0.0541. The van der Waals surface area contributed by atoms with Crippen LogP contribution in [0, 0.1) is 44.8 Å². The lowest BCUT2D eigenvalue weighted by Gasteiger charge is -2.71. The smallest absolute Gasteiger partial charge is 0.335 e. The van der Waals surface area contributed by atoms with E-state index < -0.39 is 194 Å². The van der Waals surface area contributed by atoms with Gasteiger partial charge in [-0.25, -0.2) is 4.79 Å². The summed E-state index contributed by atoms with van der Waals surface area (Å²) in [4.78, 5) is 40.8. The van der Waals surface area contributed by atoms with Gasteiger partial charge in [0.15, 0.2) is 31.3 Å². The van der Waals surface area contributed by atoms with Crippen LogP contribution >= 0.6 is 0 Å². The number of rotatable bonds is 13. The van der Waals surface area contributed by atoms with Crippen molar-refractivity contribution >= 4 is 17.7 Å². The van der Waals surface area contributed by atoms with Gasteiger partial charge in [-0.3, -0.25) is 9.59 Å². The van der Waals surface area contributed by atoms with Crippen molar-refractivity contribution in [2.75, 3.05) is 19.8 Å². The number of Topliss-reactive ketones (excluding diaryl/α,β-unsaturated/α-hetero) is 1. The third kappa shape index (κ3) is 10.1. The van der Waals surface area contributed by atoms with Gasteiger partial charge in [0.05, 0.1) is 31.8 Å². The molecule has 5 aliphatic carbocycles. The summed E-state index contributed by atoms with van der Waals surface area (Å²) in [6.45, 7) is 13.7. The van der Waals surface area contributed by atoms with E-state index in [2.05, 4.69) is 40.7 Å². The average Bonchev–Trinajstić information content (AvgIpc) is 3.40. The molecule has 8 fully saturated rings. The molecule has 13 N–H and O–H groups in total. The molecule has 0 aromatic heterocycles. The Morgan fingerprint density at radius 3 is 1.66 bits per heavy atom. The van der Waals surface area contributed by atoms with E-state index in [1.54, 1.807) is 0 Å². The molecule has 0 bridgehead atoms. The molecule has 9 aliphatic rings. The van der Waals surface area contributed by atoms with Crippen LogP contribution in [-0.4, -0.2) is 238 Å². The Bertz CT molecular complexity index is 2300. The standard InChI is InChI=1S/C55H86O25/c1-22(59)80-55-21-50(2,3)14-11-23(55)24(60)17-54(8)30(55)10-9-29-52(6)15-13-31(51(4,5)28(52)12-16-53(29,54)7)75-49-44(79-47-39(68)36(65)33(62)26(19-57)73-47)41(40(69)42(77-49)45(70)71)76-48-43(37(66)34(63)27(20-58)74-48)78-46-38(67)35(64)32(61)25(18-56)72-46/h10,23,25-29,31-44,46-49,56-58,61-69H,9,11-21H2,1-8H3,(H,70,71)/t23?,25-,26-,27-,28+,29?,31+,32-,33-,34+,35+,36+,37+,38-,39-,40+,41+,42+,43-,44-,46-,47+,48+,49-,52+,53-,54-,55+/m1/s1. The first-order valence-electron chi connectivity index (χ1n) is 28.2. The molecule has 0 aromatic rings. The highest BCUT2D eigenvalue weighted by atomic mass is 16.8. The fraction of sp³-hybridized carbons (Fsp3) is 0.909. The maximum atomic E-state index is 14.6. The van der Waals surface area contributed by atoms with Crippen molar-refractivity contribution in [3.63, 3.8) is 0 Å². The highest BCUT2D eigenvalue weighted by Gasteiger charge is 2.72. The van der Waals surface area contributed by atoms with E-state index in [4.69, 9.17) is 42.6 Å². The Morgan fingerprint density at radius 1 is 0.588 bits per heavy atom. The molecule has 456 valence electrons. The number of aliphatic carboxylic acids is 1. The van der Waals surface area contributed by atoms with Crippen molar-refractivity contribution < 1.29 is 123 Å². The van der Waals surface area contributed by atoms with E-state index >= 15 is 0 Å². The number of allylic oxidation sites excluding steroid dienone is 1. The molecule has 2 unspecified atom stereocenters. The van der Waals surface area contributed by atoms with E-state index in [9.17, 15) is 80.8 Å². The summed E-state index contributed by atoms with van der Waals surface area (Å²) in [7, 11) is 0. The second-order valence-corrected chi connectivity index (χ2v) is 26.5. The van der Waals surface area contributed by atoms with E-state index in [0.29, 0.717) is 51.4 Å². The molecule has 0 spiro atoms. The number of ketones is 1. The van der Waals surface area contributed by atoms with Gasteiger partial charge in [-0.15, -0.1) is 0 Å². The lowest BCUT2D eigenvalue weighted by atomic mass is 9.34. The topological polar surface area (TPSA) is 397 Å². The van der Waals surface area contributed by atoms with E-state index in [1.807, 2.05) is 13.8 Å². The number of aliphatic hydroxyl groups excluding tert-OH is 12. The fourth-order valence-corrected chi connectivity index (χ4v) is 16.7. The van der Waals surface area contributed by atoms with Crippen molar-refractivity contribution in [3.05, 3.63) is 11.6 Å². The summed E-state index contributed by atoms with van der Waals surface area (Å²) in [6, 6.07) is 0. The summed E-state index contributed by atoms with van der Waals surface area (Å²) in [6.07, 6.45) is -32.6. The number of hydrogen-bond donors (Lipinski definition) is 13. The van der Waals surface area contributed by atoms with Gasteiger partial charge in [-0.1, -0.05) is 54.5 Å². The molecule has 0 radical (unpaired) electrons. The Labute approximate surface area is 464 Å². The van der Waals surface area contributed by atoms with Crippen LogP contribution in [0.15, 0.2) is 11.6 Å². The molecule has 25 heteroatoms. The molecular weight excluding hydrogens is 1060 g/mol. The predicted molar refractivity (Wildman–Crippen MR) is 269 cm³/mol. The second kappa shape index (κ2) is 22.4. The number of fused-ring (bicyclic) bond motifs is 7. The number of carbonyl (C=O) groups excluding carboxylic acids is 2. The molecule has 0 aromatic carbocycles. The van der Waals surface area contributed by atoms with Crippen molar-refractivity contribution in [1.29, 1.82) is 0 Å². The largest absolute Gasteiger partial charge is 0.479 e. The zero-order valence-electron chi connectivity index (χ0n) is 46.6. The van der Waals surface area contributed by atoms with Gasteiger partial charge in [0.2, 0.25) is 0 Å². The summed E-state index contributed by atoms with van der Waals surface area (Å²) in [5.74, 6) is -2.59. The number of esters is 1. The summed E-state index contributed by atoms with van der Waals surface area (Å²) in [5.41, 5.74) is -2.55.